The van der Waals surface area contributed by atoms with Gasteiger partial charge in [-0.05, 0) is 37.1 Å². The molecule has 0 spiro atoms. The van der Waals surface area contributed by atoms with Crippen LogP contribution in [-0.4, -0.2) is 60.0 Å². The van der Waals surface area contributed by atoms with Gasteiger partial charge in [-0.2, -0.15) is 4.98 Å². The molecule has 0 saturated carbocycles. The molecule has 2 aromatic heterocycles. The summed E-state index contributed by atoms with van der Waals surface area (Å²) < 4.78 is 30.7. The van der Waals surface area contributed by atoms with Gasteiger partial charge in [-0.15, -0.1) is 5.06 Å². The van der Waals surface area contributed by atoms with Gasteiger partial charge in [0, 0.05) is 18.1 Å². The monoisotopic (exact) mass is 483 g/mol. The van der Waals surface area contributed by atoms with E-state index < -0.39 is 21.2 Å². The minimum atomic E-state index is -3.48. The maximum Gasteiger partial charge on any atom is 0.432 e. The van der Waals surface area contributed by atoms with Crippen molar-refractivity contribution in [2.45, 2.75) is 23.0 Å². The van der Waals surface area contributed by atoms with Gasteiger partial charge in [-0.1, -0.05) is 22.9 Å². The van der Waals surface area contributed by atoms with Gasteiger partial charge in [0.15, 0.2) is 25.3 Å². The fraction of sp³-hybridized carbons (Fsp3) is 0.333. The molecule has 1 N–H and O–H groups in total. The second-order valence-corrected chi connectivity index (χ2v) is 10.3. The highest BCUT2D eigenvalue weighted by Crippen LogP contribution is 2.29. The number of hydroxylamine groups is 2. The molecule has 0 radical (unpaired) electrons. The van der Waals surface area contributed by atoms with Crippen LogP contribution < -0.4 is 10.1 Å². The Morgan fingerprint density at radius 3 is 2.61 bits per heavy atom. The van der Waals surface area contributed by atoms with Gasteiger partial charge in [0.1, 0.15) is 6.33 Å². The lowest BCUT2D eigenvalue weighted by Crippen LogP contribution is -2.41. The third kappa shape index (κ3) is 4.71. The number of rotatable bonds is 5. The molecule has 13 heteroatoms. The van der Waals surface area contributed by atoms with Crippen molar-refractivity contribution in [3.05, 3.63) is 35.6 Å². The number of aromatic nitrogens is 3. The first kappa shape index (κ1) is 21.7. The number of nitrogens with zero attached hydrogens (tertiary/aromatic N) is 4. The smallest absolute Gasteiger partial charge is 0.432 e. The number of hydrogen-bond donors (Lipinski definition) is 1. The molecule has 0 unspecified atom stereocenters. The number of ether oxygens (including phenoxy) is 1. The molecule has 0 bridgehead atoms. The summed E-state index contributed by atoms with van der Waals surface area (Å²) in [5.74, 6) is 0.312. The lowest BCUT2D eigenvalue weighted by atomic mass is 10.1. The zero-order valence-electron chi connectivity index (χ0n) is 16.3. The summed E-state index contributed by atoms with van der Waals surface area (Å²) in [6.45, 7) is 0.591. The Bertz CT molecular complexity index is 1190. The van der Waals surface area contributed by atoms with E-state index in [1.807, 2.05) is 0 Å². The fourth-order valence-electron chi connectivity index (χ4n) is 3.21. The van der Waals surface area contributed by atoms with E-state index in [0.29, 0.717) is 52.3 Å². The van der Waals surface area contributed by atoms with Crippen LogP contribution in [0.25, 0.3) is 10.3 Å². The van der Waals surface area contributed by atoms with Crippen molar-refractivity contribution in [3.63, 3.8) is 0 Å². The number of piperidine rings is 1. The Hall–Kier alpha value is -2.54. The highest BCUT2D eigenvalue weighted by Gasteiger charge is 2.32. The van der Waals surface area contributed by atoms with Crippen LogP contribution >= 0.6 is 22.9 Å². The van der Waals surface area contributed by atoms with Gasteiger partial charge in [-0.25, -0.2) is 23.2 Å². The van der Waals surface area contributed by atoms with E-state index in [4.69, 9.17) is 21.2 Å². The van der Waals surface area contributed by atoms with Crippen LogP contribution in [0.4, 0.5) is 9.93 Å². The van der Waals surface area contributed by atoms with Crippen molar-refractivity contribution in [1.82, 2.24) is 20.0 Å². The first-order valence-electron chi connectivity index (χ1n) is 9.25. The predicted molar refractivity (Wildman–Crippen MR) is 115 cm³/mol. The molecule has 164 valence electrons. The Labute approximate surface area is 187 Å². The van der Waals surface area contributed by atoms with Crippen molar-refractivity contribution in [1.29, 1.82) is 0 Å². The summed E-state index contributed by atoms with van der Waals surface area (Å²) >= 11 is 7.00. The second kappa shape index (κ2) is 8.91. The van der Waals surface area contributed by atoms with Crippen molar-refractivity contribution in [2.75, 3.05) is 25.5 Å². The van der Waals surface area contributed by atoms with Gasteiger partial charge in [-0.3, -0.25) is 5.32 Å². The van der Waals surface area contributed by atoms with Crippen LogP contribution in [0.15, 0.2) is 35.5 Å². The van der Waals surface area contributed by atoms with Crippen LogP contribution in [0.3, 0.4) is 0 Å². The van der Waals surface area contributed by atoms with E-state index >= 15 is 0 Å². The standard InChI is InChI=1S/C18H18ClN5O5S2/c1-28-15-14-16(21-10-20-15)30-17(22-14)23-18(25)29-24-8-6-13(7-9-24)31(26,27)12-4-2-11(19)3-5-12/h2-5,10,13H,6-9H2,1H3,(H,22,23,25). The number of carbonyl (C=O) groups is 1. The molecule has 4 rings (SSSR count). The van der Waals surface area contributed by atoms with Crippen LogP contribution in [0.5, 0.6) is 5.88 Å². The number of methoxy groups -OCH3 is 1. The van der Waals surface area contributed by atoms with E-state index in [-0.39, 0.29) is 4.90 Å². The van der Waals surface area contributed by atoms with E-state index in [2.05, 4.69) is 20.3 Å². The average molecular weight is 484 g/mol. The van der Waals surface area contributed by atoms with Crippen LogP contribution in [0.2, 0.25) is 5.02 Å². The topological polar surface area (TPSA) is 124 Å². The highest BCUT2D eigenvalue weighted by molar-refractivity contribution is 7.92. The summed E-state index contributed by atoms with van der Waals surface area (Å²) in [6, 6.07) is 6.12. The molecular weight excluding hydrogens is 466 g/mol. The number of anilines is 1. The Balaban J connectivity index is 1.33. The number of thiazole rings is 1. The van der Waals surface area contributed by atoms with E-state index in [9.17, 15) is 13.2 Å². The molecule has 1 amide bonds. The van der Waals surface area contributed by atoms with E-state index in [1.165, 1.54) is 30.6 Å². The quantitative estimate of drug-likeness (QED) is 0.582. The van der Waals surface area contributed by atoms with Crippen molar-refractivity contribution < 1.29 is 22.8 Å². The number of sulfone groups is 1. The van der Waals surface area contributed by atoms with Crippen LogP contribution in [0, 0.1) is 0 Å². The molecule has 10 nitrogen and oxygen atoms in total. The van der Waals surface area contributed by atoms with Gasteiger partial charge in [0.2, 0.25) is 5.88 Å². The minimum absolute atomic E-state index is 0.239. The molecule has 3 heterocycles. The summed E-state index contributed by atoms with van der Waals surface area (Å²) in [5, 5.41) is 4.21. The molecule has 3 aromatic rings. The van der Waals surface area contributed by atoms with Gasteiger partial charge in [0.25, 0.3) is 0 Å². The molecule has 0 atom stereocenters. The molecule has 1 fully saturated rings. The summed E-state index contributed by atoms with van der Waals surface area (Å²) in [5.41, 5.74) is 0.443. The first-order chi connectivity index (χ1) is 14.9. The summed E-state index contributed by atoms with van der Waals surface area (Å²) in [4.78, 5) is 30.7. The third-order valence-electron chi connectivity index (χ3n) is 4.76. The number of hydrogen-bond acceptors (Lipinski definition) is 10. The van der Waals surface area contributed by atoms with Crippen molar-refractivity contribution >= 4 is 54.3 Å². The van der Waals surface area contributed by atoms with Gasteiger partial charge in [0.05, 0.1) is 17.3 Å². The molecule has 1 aliphatic heterocycles. The Morgan fingerprint density at radius 1 is 1.23 bits per heavy atom. The molecule has 1 aromatic carbocycles. The largest absolute Gasteiger partial charge is 0.479 e. The number of amides is 1. The normalized spacial score (nSPS) is 15.7. The lowest BCUT2D eigenvalue weighted by molar-refractivity contribution is -0.104. The minimum Gasteiger partial charge on any atom is -0.479 e. The number of carbonyl (C=O) groups excluding carboxylic acids is 1. The molecular formula is C18H18ClN5O5S2. The van der Waals surface area contributed by atoms with Gasteiger partial charge >= 0.3 is 6.09 Å². The molecule has 0 aliphatic carbocycles. The van der Waals surface area contributed by atoms with E-state index in [0.717, 1.165) is 11.3 Å². The maximum atomic E-state index is 12.8. The van der Waals surface area contributed by atoms with E-state index in [1.54, 1.807) is 12.1 Å². The number of benzene rings is 1. The van der Waals surface area contributed by atoms with Crippen molar-refractivity contribution in [3.8, 4) is 5.88 Å². The molecule has 1 saturated heterocycles. The lowest BCUT2D eigenvalue weighted by Gasteiger charge is -2.30. The second-order valence-electron chi connectivity index (χ2n) is 6.69. The average Bonchev–Trinajstić information content (AvgIpc) is 3.16. The van der Waals surface area contributed by atoms with Gasteiger partial charge < -0.3 is 9.57 Å². The Kier molecular flexibility index (Phi) is 6.23. The Morgan fingerprint density at radius 2 is 1.94 bits per heavy atom. The summed E-state index contributed by atoms with van der Waals surface area (Å²) in [7, 11) is -2.00. The van der Waals surface area contributed by atoms with Crippen molar-refractivity contribution in [2.24, 2.45) is 0 Å². The number of halogens is 1. The zero-order valence-corrected chi connectivity index (χ0v) is 18.7. The van der Waals surface area contributed by atoms with Crippen LogP contribution in [-0.2, 0) is 14.7 Å². The maximum absolute atomic E-state index is 12.8. The molecule has 1 aliphatic rings. The third-order valence-corrected chi connectivity index (χ3v) is 8.17. The zero-order chi connectivity index (χ0) is 22.0. The SMILES string of the molecule is COc1ncnc2sc(NC(=O)ON3CCC(S(=O)(=O)c4ccc(Cl)cc4)CC3)nc12. The number of fused-ring (bicyclic) bond motifs is 1. The first-order valence-corrected chi connectivity index (χ1v) is 12.0. The fourth-order valence-corrected chi connectivity index (χ4v) is 5.86. The highest BCUT2D eigenvalue weighted by atomic mass is 35.5. The predicted octanol–water partition coefficient (Wildman–Crippen LogP) is 3.15. The van der Waals surface area contributed by atoms with Crippen LogP contribution in [0.1, 0.15) is 12.8 Å². The molecule has 31 heavy (non-hydrogen) atoms. The number of nitrogens with one attached hydrogen (secondary N) is 1. The summed E-state index contributed by atoms with van der Waals surface area (Å²) in [6.07, 6.45) is 1.31.